The van der Waals surface area contributed by atoms with Crippen LogP contribution in [0.2, 0.25) is 5.02 Å². The predicted molar refractivity (Wildman–Crippen MR) is 87.6 cm³/mol. The van der Waals surface area contributed by atoms with Crippen LogP contribution in [0, 0.1) is 13.8 Å². The molecule has 112 valence electrons. The number of halogens is 1. The summed E-state index contributed by atoms with van der Waals surface area (Å²) in [5.41, 5.74) is 2.52. The molecule has 0 atom stereocenters. The number of sulfonamides is 1. The first-order valence-electron chi connectivity index (χ1n) is 6.72. The number of hydrogen-bond acceptors (Lipinski definition) is 2. The molecule has 3 nitrogen and oxygen atoms in total. The van der Waals surface area contributed by atoms with Crippen molar-refractivity contribution in [3.8, 4) is 0 Å². The summed E-state index contributed by atoms with van der Waals surface area (Å²) in [6.45, 7) is 5.96. The summed E-state index contributed by atoms with van der Waals surface area (Å²) in [6, 6.07) is 12.1. The molecule has 0 heterocycles. The lowest BCUT2D eigenvalue weighted by molar-refractivity contribution is 0.592. The van der Waals surface area contributed by atoms with Gasteiger partial charge in [-0.05, 0) is 50.6 Å². The Kier molecular flexibility index (Phi) is 4.59. The van der Waals surface area contributed by atoms with Gasteiger partial charge < -0.3 is 0 Å². The minimum absolute atomic E-state index is 0.284. The topological polar surface area (TPSA) is 37.4 Å². The number of aryl methyl sites for hydroxylation is 2. The van der Waals surface area contributed by atoms with E-state index in [1.54, 1.807) is 43.3 Å². The van der Waals surface area contributed by atoms with E-state index < -0.39 is 10.0 Å². The van der Waals surface area contributed by atoms with Gasteiger partial charge in [-0.15, -0.1) is 0 Å². The van der Waals surface area contributed by atoms with Crippen LogP contribution in [0.1, 0.15) is 18.1 Å². The van der Waals surface area contributed by atoms with Gasteiger partial charge in [-0.2, -0.15) is 0 Å². The summed E-state index contributed by atoms with van der Waals surface area (Å²) < 4.78 is 26.9. The summed E-state index contributed by atoms with van der Waals surface area (Å²) in [6.07, 6.45) is 0. The van der Waals surface area contributed by atoms with E-state index in [2.05, 4.69) is 0 Å². The normalized spacial score (nSPS) is 11.4. The van der Waals surface area contributed by atoms with E-state index in [9.17, 15) is 8.42 Å². The van der Waals surface area contributed by atoms with Crippen molar-refractivity contribution >= 4 is 27.3 Å². The van der Waals surface area contributed by atoms with Gasteiger partial charge in [0.15, 0.2) is 0 Å². The summed E-state index contributed by atoms with van der Waals surface area (Å²) in [5.74, 6) is 0. The summed E-state index contributed by atoms with van der Waals surface area (Å²) in [4.78, 5) is 0.284. The van der Waals surface area contributed by atoms with Crippen LogP contribution in [0.15, 0.2) is 47.4 Å². The lowest BCUT2D eigenvalue weighted by Crippen LogP contribution is -2.30. The number of nitrogens with zero attached hydrogens (tertiary/aromatic N) is 1. The van der Waals surface area contributed by atoms with Crippen LogP contribution in [-0.2, 0) is 10.0 Å². The maximum Gasteiger partial charge on any atom is 0.264 e. The monoisotopic (exact) mass is 323 g/mol. The molecule has 0 amide bonds. The SMILES string of the molecule is CCN(c1ccc(C)c(Cl)c1)S(=O)(=O)c1ccc(C)cc1. The number of rotatable bonds is 4. The third kappa shape index (κ3) is 3.22. The molecule has 2 aromatic carbocycles. The highest BCUT2D eigenvalue weighted by atomic mass is 35.5. The van der Waals surface area contributed by atoms with Gasteiger partial charge in [0, 0.05) is 11.6 Å². The Labute approximate surface area is 131 Å². The maximum absolute atomic E-state index is 12.8. The fraction of sp³-hybridized carbons (Fsp3) is 0.250. The average Bonchev–Trinajstić information content (AvgIpc) is 2.44. The molecule has 0 aromatic heterocycles. The summed E-state index contributed by atoms with van der Waals surface area (Å²) in [7, 11) is -3.58. The second-order valence-corrected chi connectivity index (χ2v) is 7.19. The van der Waals surface area contributed by atoms with Crippen LogP contribution in [0.25, 0.3) is 0 Å². The predicted octanol–water partition coefficient (Wildman–Crippen LogP) is 4.17. The third-order valence-electron chi connectivity index (χ3n) is 3.34. The highest BCUT2D eigenvalue weighted by molar-refractivity contribution is 7.92. The van der Waals surface area contributed by atoms with E-state index in [0.29, 0.717) is 17.3 Å². The Hall–Kier alpha value is -1.52. The van der Waals surface area contributed by atoms with Crippen LogP contribution < -0.4 is 4.31 Å². The molecule has 0 radical (unpaired) electrons. The molecule has 21 heavy (non-hydrogen) atoms. The quantitative estimate of drug-likeness (QED) is 0.846. The van der Waals surface area contributed by atoms with Crippen molar-refractivity contribution in [2.45, 2.75) is 25.7 Å². The number of benzene rings is 2. The Morgan fingerprint density at radius 2 is 1.67 bits per heavy atom. The van der Waals surface area contributed by atoms with Gasteiger partial charge in [-0.3, -0.25) is 4.31 Å². The van der Waals surface area contributed by atoms with Crippen molar-refractivity contribution in [2.75, 3.05) is 10.8 Å². The molecular formula is C16H18ClNO2S. The van der Waals surface area contributed by atoms with E-state index in [1.807, 2.05) is 19.9 Å². The van der Waals surface area contributed by atoms with E-state index in [0.717, 1.165) is 11.1 Å². The number of hydrogen-bond donors (Lipinski definition) is 0. The lowest BCUT2D eigenvalue weighted by Gasteiger charge is -2.23. The largest absolute Gasteiger partial charge is 0.267 e. The molecule has 0 fully saturated rings. The van der Waals surface area contributed by atoms with Crippen molar-refractivity contribution in [3.05, 3.63) is 58.6 Å². The third-order valence-corrected chi connectivity index (χ3v) is 5.66. The Balaban J connectivity index is 2.48. The fourth-order valence-corrected chi connectivity index (χ4v) is 3.71. The highest BCUT2D eigenvalue weighted by Gasteiger charge is 2.23. The minimum atomic E-state index is -3.58. The zero-order valence-electron chi connectivity index (χ0n) is 12.3. The Bertz CT molecular complexity index is 739. The van der Waals surface area contributed by atoms with Crippen LogP contribution in [0.5, 0.6) is 0 Å². The molecule has 2 rings (SSSR count). The minimum Gasteiger partial charge on any atom is -0.267 e. The van der Waals surface area contributed by atoms with Crippen LogP contribution in [0.4, 0.5) is 5.69 Å². The summed E-state index contributed by atoms with van der Waals surface area (Å²) in [5, 5.41) is 0.560. The van der Waals surface area contributed by atoms with Crippen molar-refractivity contribution in [1.29, 1.82) is 0 Å². The molecule has 0 aliphatic carbocycles. The van der Waals surface area contributed by atoms with E-state index in [-0.39, 0.29) is 4.90 Å². The molecule has 0 unspecified atom stereocenters. The zero-order chi connectivity index (χ0) is 15.6. The van der Waals surface area contributed by atoms with Crippen molar-refractivity contribution in [2.24, 2.45) is 0 Å². The molecule has 5 heteroatoms. The Morgan fingerprint density at radius 1 is 1.05 bits per heavy atom. The first kappa shape index (κ1) is 15.9. The molecule has 0 saturated carbocycles. The molecule has 0 saturated heterocycles. The van der Waals surface area contributed by atoms with E-state index in [4.69, 9.17) is 11.6 Å². The maximum atomic E-state index is 12.8. The molecule has 0 aliphatic rings. The van der Waals surface area contributed by atoms with Gasteiger partial charge >= 0.3 is 0 Å². The van der Waals surface area contributed by atoms with Crippen molar-refractivity contribution in [1.82, 2.24) is 0 Å². The van der Waals surface area contributed by atoms with Gasteiger partial charge in [-0.25, -0.2) is 8.42 Å². The zero-order valence-corrected chi connectivity index (χ0v) is 13.9. The molecule has 0 bridgehead atoms. The smallest absolute Gasteiger partial charge is 0.264 e. The van der Waals surface area contributed by atoms with Crippen LogP contribution in [0.3, 0.4) is 0 Å². The molecular weight excluding hydrogens is 306 g/mol. The van der Waals surface area contributed by atoms with Gasteiger partial charge in [0.25, 0.3) is 10.0 Å². The van der Waals surface area contributed by atoms with Crippen LogP contribution >= 0.6 is 11.6 Å². The highest BCUT2D eigenvalue weighted by Crippen LogP contribution is 2.27. The van der Waals surface area contributed by atoms with Gasteiger partial charge in [-0.1, -0.05) is 35.4 Å². The molecule has 0 spiro atoms. The summed E-state index contributed by atoms with van der Waals surface area (Å²) >= 11 is 6.11. The average molecular weight is 324 g/mol. The second-order valence-electron chi connectivity index (χ2n) is 4.92. The number of anilines is 1. The molecule has 0 aliphatic heterocycles. The fourth-order valence-electron chi connectivity index (χ4n) is 2.07. The standard InChI is InChI=1S/C16H18ClNO2S/c1-4-18(14-8-7-13(3)16(17)11-14)21(19,20)15-9-5-12(2)6-10-15/h5-11H,4H2,1-3H3. The van der Waals surface area contributed by atoms with Gasteiger partial charge in [0.2, 0.25) is 0 Å². The van der Waals surface area contributed by atoms with Crippen molar-refractivity contribution < 1.29 is 8.42 Å². The first-order valence-corrected chi connectivity index (χ1v) is 8.53. The lowest BCUT2D eigenvalue weighted by atomic mass is 10.2. The van der Waals surface area contributed by atoms with Crippen LogP contribution in [-0.4, -0.2) is 15.0 Å². The first-order chi connectivity index (χ1) is 9.86. The van der Waals surface area contributed by atoms with Gasteiger partial charge in [0.05, 0.1) is 10.6 Å². The Morgan fingerprint density at radius 3 is 2.19 bits per heavy atom. The second kappa shape index (κ2) is 6.08. The van der Waals surface area contributed by atoms with E-state index in [1.165, 1.54) is 4.31 Å². The van der Waals surface area contributed by atoms with Crippen molar-refractivity contribution in [3.63, 3.8) is 0 Å². The molecule has 0 N–H and O–H groups in total. The van der Waals surface area contributed by atoms with Gasteiger partial charge in [0.1, 0.15) is 0 Å². The van der Waals surface area contributed by atoms with E-state index >= 15 is 0 Å². The molecule has 2 aromatic rings.